The van der Waals surface area contributed by atoms with Gasteiger partial charge in [-0.05, 0) is 24.0 Å². The Morgan fingerprint density at radius 3 is 2.67 bits per heavy atom. The first-order chi connectivity index (χ1) is 8.55. The van der Waals surface area contributed by atoms with Crippen molar-refractivity contribution in [2.24, 2.45) is 5.92 Å². The average Bonchev–Trinajstić information content (AvgIpc) is 2.87. The van der Waals surface area contributed by atoms with Gasteiger partial charge in [0.25, 0.3) is 0 Å². The maximum absolute atomic E-state index is 13.0. The number of allylic oxidation sites excluding steroid dienone is 1. The van der Waals surface area contributed by atoms with E-state index in [2.05, 4.69) is 5.32 Å². The van der Waals surface area contributed by atoms with E-state index < -0.39 is 11.7 Å². The highest BCUT2D eigenvalue weighted by molar-refractivity contribution is 5.39. The minimum absolute atomic E-state index is 0.0788. The SMILES string of the molecule is FC(F)(F)c1ccccc1C1C=C2CNCC2C1. The lowest BCUT2D eigenvalue weighted by Crippen LogP contribution is -2.13. The van der Waals surface area contributed by atoms with Crippen molar-refractivity contribution in [3.8, 4) is 0 Å². The van der Waals surface area contributed by atoms with Crippen molar-refractivity contribution >= 4 is 0 Å². The maximum Gasteiger partial charge on any atom is 0.416 e. The topological polar surface area (TPSA) is 12.0 Å². The summed E-state index contributed by atoms with van der Waals surface area (Å²) in [4.78, 5) is 0. The van der Waals surface area contributed by atoms with Gasteiger partial charge in [-0.15, -0.1) is 0 Å². The van der Waals surface area contributed by atoms with Crippen LogP contribution in [-0.4, -0.2) is 13.1 Å². The highest BCUT2D eigenvalue weighted by atomic mass is 19.4. The molecule has 0 aromatic heterocycles. The summed E-state index contributed by atoms with van der Waals surface area (Å²) in [7, 11) is 0. The van der Waals surface area contributed by atoms with E-state index in [0.29, 0.717) is 11.5 Å². The van der Waals surface area contributed by atoms with Gasteiger partial charge in [-0.25, -0.2) is 0 Å². The Labute approximate surface area is 104 Å². The molecular formula is C14H14F3N. The lowest BCUT2D eigenvalue weighted by atomic mass is 9.91. The third kappa shape index (κ3) is 1.94. The van der Waals surface area contributed by atoms with Crippen molar-refractivity contribution in [2.75, 3.05) is 13.1 Å². The van der Waals surface area contributed by atoms with Crippen molar-refractivity contribution < 1.29 is 13.2 Å². The molecule has 1 N–H and O–H groups in total. The molecular weight excluding hydrogens is 239 g/mol. The Bertz CT molecular complexity index is 490. The molecule has 1 aromatic carbocycles. The van der Waals surface area contributed by atoms with Gasteiger partial charge in [-0.3, -0.25) is 0 Å². The molecule has 1 aliphatic carbocycles. The zero-order valence-corrected chi connectivity index (χ0v) is 9.80. The first kappa shape index (κ1) is 11.8. The van der Waals surface area contributed by atoms with Crippen LogP contribution in [0, 0.1) is 5.92 Å². The third-order valence-electron chi connectivity index (χ3n) is 3.86. The fourth-order valence-corrected chi connectivity index (χ4v) is 3.02. The van der Waals surface area contributed by atoms with Crippen LogP contribution in [0.4, 0.5) is 13.2 Å². The number of rotatable bonds is 1. The van der Waals surface area contributed by atoms with Crippen molar-refractivity contribution in [3.05, 3.63) is 47.0 Å². The predicted molar refractivity (Wildman–Crippen MR) is 63.2 cm³/mol. The normalized spacial score (nSPS) is 27.2. The van der Waals surface area contributed by atoms with Crippen LogP contribution in [0.5, 0.6) is 0 Å². The molecule has 1 heterocycles. The molecule has 0 spiro atoms. The zero-order chi connectivity index (χ0) is 12.8. The molecule has 0 radical (unpaired) electrons. The van der Waals surface area contributed by atoms with E-state index in [4.69, 9.17) is 0 Å². The second-order valence-corrected chi connectivity index (χ2v) is 5.00. The molecule has 1 fully saturated rings. The summed E-state index contributed by atoms with van der Waals surface area (Å²) in [5.41, 5.74) is 1.21. The molecule has 1 saturated heterocycles. The van der Waals surface area contributed by atoms with Gasteiger partial charge in [0.2, 0.25) is 0 Å². The summed E-state index contributed by atoms with van der Waals surface area (Å²) in [6.45, 7) is 1.73. The minimum Gasteiger partial charge on any atom is -0.312 e. The molecule has 1 nitrogen and oxygen atoms in total. The Morgan fingerprint density at radius 2 is 1.94 bits per heavy atom. The van der Waals surface area contributed by atoms with E-state index in [1.165, 1.54) is 17.7 Å². The standard InChI is InChI=1S/C14H14F3N/c15-14(16,17)13-4-2-1-3-12(13)9-5-10-7-18-8-11(10)6-9/h1-5,9,11,18H,6-8H2. The number of benzene rings is 1. The molecule has 2 aliphatic rings. The molecule has 3 rings (SSSR count). The highest BCUT2D eigenvalue weighted by Gasteiger charge is 2.37. The summed E-state index contributed by atoms with van der Waals surface area (Å²) >= 11 is 0. The van der Waals surface area contributed by atoms with Crippen molar-refractivity contribution in [1.29, 1.82) is 0 Å². The van der Waals surface area contributed by atoms with Gasteiger partial charge in [0.15, 0.2) is 0 Å². The number of hydrogen-bond donors (Lipinski definition) is 1. The van der Waals surface area contributed by atoms with Crippen LogP contribution >= 0.6 is 0 Å². The Hall–Kier alpha value is -1.29. The average molecular weight is 253 g/mol. The van der Waals surface area contributed by atoms with Crippen LogP contribution in [0.3, 0.4) is 0 Å². The quantitative estimate of drug-likeness (QED) is 0.757. The van der Waals surface area contributed by atoms with Crippen LogP contribution in [0.1, 0.15) is 23.5 Å². The van der Waals surface area contributed by atoms with E-state index in [1.54, 1.807) is 12.1 Å². The third-order valence-corrected chi connectivity index (χ3v) is 3.86. The smallest absolute Gasteiger partial charge is 0.312 e. The van der Waals surface area contributed by atoms with Crippen LogP contribution in [-0.2, 0) is 6.18 Å². The van der Waals surface area contributed by atoms with E-state index in [-0.39, 0.29) is 5.92 Å². The molecule has 0 amide bonds. The monoisotopic (exact) mass is 253 g/mol. The van der Waals surface area contributed by atoms with E-state index in [0.717, 1.165) is 19.5 Å². The van der Waals surface area contributed by atoms with Crippen molar-refractivity contribution in [3.63, 3.8) is 0 Å². The second kappa shape index (κ2) is 4.12. The van der Waals surface area contributed by atoms with Gasteiger partial charge in [0, 0.05) is 19.0 Å². The molecule has 2 atom stereocenters. The molecule has 1 aromatic rings. The Balaban J connectivity index is 1.96. The number of halogens is 3. The van der Waals surface area contributed by atoms with Crippen molar-refractivity contribution in [2.45, 2.75) is 18.5 Å². The summed E-state index contributed by atoms with van der Waals surface area (Å²) in [5.74, 6) is 0.348. The van der Waals surface area contributed by atoms with Gasteiger partial charge in [-0.1, -0.05) is 29.8 Å². The number of fused-ring (bicyclic) bond motifs is 1. The number of hydrogen-bond acceptors (Lipinski definition) is 1. The molecule has 2 unspecified atom stereocenters. The molecule has 1 aliphatic heterocycles. The zero-order valence-electron chi connectivity index (χ0n) is 9.80. The first-order valence-corrected chi connectivity index (χ1v) is 6.13. The van der Waals surface area contributed by atoms with Crippen LogP contribution < -0.4 is 5.32 Å². The minimum atomic E-state index is -4.26. The number of alkyl halides is 3. The van der Waals surface area contributed by atoms with Gasteiger partial charge in [0.1, 0.15) is 0 Å². The van der Waals surface area contributed by atoms with Gasteiger partial charge in [0.05, 0.1) is 5.56 Å². The van der Waals surface area contributed by atoms with E-state index in [1.807, 2.05) is 6.08 Å². The van der Waals surface area contributed by atoms with E-state index >= 15 is 0 Å². The molecule has 4 heteroatoms. The van der Waals surface area contributed by atoms with Crippen LogP contribution in [0.2, 0.25) is 0 Å². The Morgan fingerprint density at radius 1 is 1.17 bits per heavy atom. The summed E-state index contributed by atoms with van der Waals surface area (Å²) in [5, 5.41) is 3.25. The molecule has 18 heavy (non-hydrogen) atoms. The molecule has 96 valence electrons. The fourth-order valence-electron chi connectivity index (χ4n) is 3.02. The number of nitrogens with one attached hydrogen (secondary N) is 1. The van der Waals surface area contributed by atoms with Gasteiger partial charge >= 0.3 is 6.18 Å². The fraction of sp³-hybridized carbons (Fsp3) is 0.429. The summed E-state index contributed by atoms with van der Waals surface area (Å²) < 4.78 is 38.9. The van der Waals surface area contributed by atoms with Crippen molar-refractivity contribution in [1.82, 2.24) is 5.32 Å². The van der Waals surface area contributed by atoms with Crippen LogP contribution in [0.15, 0.2) is 35.9 Å². The van der Waals surface area contributed by atoms with Crippen LogP contribution in [0.25, 0.3) is 0 Å². The van der Waals surface area contributed by atoms with Gasteiger partial charge in [-0.2, -0.15) is 13.2 Å². The maximum atomic E-state index is 13.0. The second-order valence-electron chi connectivity index (χ2n) is 5.00. The molecule has 0 bridgehead atoms. The highest BCUT2D eigenvalue weighted by Crippen LogP contribution is 2.43. The van der Waals surface area contributed by atoms with E-state index in [9.17, 15) is 13.2 Å². The first-order valence-electron chi connectivity index (χ1n) is 6.13. The van der Waals surface area contributed by atoms with Gasteiger partial charge < -0.3 is 5.32 Å². The predicted octanol–water partition coefficient (Wildman–Crippen LogP) is 3.34. The largest absolute Gasteiger partial charge is 0.416 e. The summed E-state index contributed by atoms with van der Waals surface area (Å²) in [6, 6.07) is 5.94. The lowest BCUT2D eigenvalue weighted by Gasteiger charge is -2.17. The summed E-state index contributed by atoms with van der Waals surface area (Å²) in [6.07, 6.45) is -1.43. The molecule has 0 saturated carbocycles. The Kier molecular flexibility index (Phi) is 2.70. The lowest BCUT2D eigenvalue weighted by molar-refractivity contribution is -0.138.